The van der Waals surface area contributed by atoms with Crippen LogP contribution in [0.2, 0.25) is 0 Å². The minimum absolute atomic E-state index is 0.0905. The zero-order chi connectivity index (χ0) is 13.8. The van der Waals surface area contributed by atoms with Crippen molar-refractivity contribution in [1.29, 1.82) is 0 Å². The molecule has 2 rings (SSSR count). The van der Waals surface area contributed by atoms with Gasteiger partial charge in [-0.25, -0.2) is 0 Å². The number of ether oxygens (including phenoxy) is 1. The molecule has 0 heterocycles. The van der Waals surface area contributed by atoms with E-state index in [0.717, 1.165) is 21.3 Å². The van der Waals surface area contributed by atoms with Crippen LogP contribution in [-0.2, 0) is 6.61 Å². The third kappa shape index (κ3) is 3.72. The molecule has 0 saturated heterocycles. The van der Waals surface area contributed by atoms with E-state index in [1.54, 1.807) is 18.2 Å². The number of hydrogen-bond acceptors (Lipinski definition) is 3. The summed E-state index contributed by atoms with van der Waals surface area (Å²) in [5.41, 5.74) is 7.80. The molecule has 3 N–H and O–H groups in total. The van der Waals surface area contributed by atoms with Gasteiger partial charge in [-0.1, -0.05) is 34.1 Å². The summed E-state index contributed by atoms with van der Waals surface area (Å²) in [4.78, 5) is 0. The molecule has 0 aromatic heterocycles. The topological polar surface area (TPSA) is 55.5 Å². The Kier molecular flexibility index (Phi) is 4.45. The van der Waals surface area contributed by atoms with E-state index in [0.29, 0.717) is 6.61 Å². The molecule has 0 aliphatic carbocycles. The standard InChI is InChI=1S/C15H16BrNO2/c1-10(17)14-6-5-12(16)8-15(14)19-9-11-3-2-4-13(18)7-11/h2-8,10,18H,9,17H2,1H3. The summed E-state index contributed by atoms with van der Waals surface area (Å²) in [5.74, 6) is 0.996. The van der Waals surface area contributed by atoms with Gasteiger partial charge in [0.05, 0.1) is 0 Å². The van der Waals surface area contributed by atoms with Gasteiger partial charge >= 0.3 is 0 Å². The molecule has 2 aromatic carbocycles. The van der Waals surface area contributed by atoms with Crippen LogP contribution in [0.25, 0.3) is 0 Å². The number of phenolic OH excluding ortho intramolecular Hbond substituents is 1. The molecular formula is C15H16BrNO2. The van der Waals surface area contributed by atoms with Gasteiger partial charge in [-0.05, 0) is 36.8 Å². The van der Waals surface area contributed by atoms with Gasteiger partial charge in [0, 0.05) is 16.1 Å². The lowest BCUT2D eigenvalue weighted by atomic mass is 10.1. The van der Waals surface area contributed by atoms with Gasteiger partial charge in [-0.15, -0.1) is 0 Å². The van der Waals surface area contributed by atoms with E-state index < -0.39 is 0 Å². The second-order valence-electron chi connectivity index (χ2n) is 4.43. The summed E-state index contributed by atoms with van der Waals surface area (Å²) in [5, 5.41) is 9.41. The van der Waals surface area contributed by atoms with Crippen LogP contribution in [0.3, 0.4) is 0 Å². The summed E-state index contributed by atoms with van der Waals surface area (Å²) in [6.45, 7) is 2.31. The van der Waals surface area contributed by atoms with E-state index in [4.69, 9.17) is 10.5 Å². The van der Waals surface area contributed by atoms with Gasteiger partial charge in [0.15, 0.2) is 0 Å². The minimum Gasteiger partial charge on any atom is -0.508 e. The Balaban J connectivity index is 2.17. The van der Waals surface area contributed by atoms with Crippen LogP contribution in [0.4, 0.5) is 0 Å². The van der Waals surface area contributed by atoms with Crippen LogP contribution in [0.5, 0.6) is 11.5 Å². The fourth-order valence-corrected chi connectivity index (χ4v) is 2.16. The predicted octanol–water partition coefficient (Wildman–Crippen LogP) is 3.75. The third-order valence-electron chi connectivity index (χ3n) is 2.77. The highest BCUT2D eigenvalue weighted by molar-refractivity contribution is 9.10. The number of aromatic hydroxyl groups is 1. The lowest BCUT2D eigenvalue weighted by Crippen LogP contribution is -2.08. The average Bonchev–Trinajstić information content (AvgIpc) is 2.36. The Morgan fingerprint density at radius 1 is 1.26 bits per heavy atom. The molecule has 0 fully saturated rings. The molecule has 2 aromatic rings. The number of halogens is 1. The van der Waals surface area contributed by atoms with E-state index in [9.17, 15) is 5.11 Å². The summed E-state index contributed by atoms with van der Waals surface area (Å²) < 4.78 is 6.75. The van der Waals surface area contributed by atoms with Crippen molar-refractivity contribution < 1.29 is 9.84 Å². The number of rotatable bonds is 4. The van der Waals surface area contributed by atoms with E-state index in [1.165, 1.54) is 0 Å². The fraction of sp³-hybridized carbons (Fsp3) is 0.200. The Morgan fingerprint density at radius 2 is 2.05 bits per heavy atom. The van der Waals surface area contributed by atoms with Crippen molar-refractivity contribution in [2.24, 2.45) is 5.73 Å². The van der Waals surface area contributed by atoms with Crippen molar-refractivity contribution in [2.45, 2.75) is 19.6 Å². The molecule has 100 valence electrons. The van der Waals surface area contributed by atoms with Crippen LogP contribution >= 0.6 is 15.9 Å². The molecule has 0 amide bonds. The van der Waals surface area contributed by atoms with E-state index in [1.807, 2.05) is 31.2 Å². The molecule has 4 heteroatoms. The third-order valence-corrected chi connectivity index (χ3v) is 3.26. The normalized spacial score (nSPS) is 12.2. The maximum absolute atomic E-state index is 9.41. The van der Waals surface area contributed by atoms with E-state index >= 15 is 0 Å². The van der Waals surface area contributed by atoms with Crippen molar-refractivity contribution in [3.8, 4) is 11.5 Å². The molecule has 3 nitrogen and oxygen atoms in total. The smallest absolute Gasteiger partial charge is 0.125 e. The average molecular weight is 322 g/mol. The summed E-state index contributed by atoms with van der Waals surface area (Å²) in [7, 11) is 0. The van der Waals surface area contributed by atoms with Crippen molar-refractivity contribution >= 4 is 15.9 Å². The molecule has 0 radical (unpaired) electrons. The molecular weight excluding hydrogens is 306 g/mol. The molecule has 19 heavy (non-hydrogen) atoms. The molecule has 0 saturated carbocycles. The highest BCUT2D eigenvalue weighted by Gasteiger charge is 2.09. The zero-order valence-corrected chi connectivity index (χ0v) is 12.2. The first-order chi connectivity index (χ1) is 9.06. The van der Waals surface area contributed by atoms with E-state index in [2.05, 4.69) is 15.9 Å². The number of hydrogen-bond donors (Lipinski definition) is 2. The summed E-state index contributed by atoms with van der Waals surface area (Å²) in [6, 6.07) is 12.7. The highest BCUT2D eigenvalue weighted by Crippen LogP contribution is 2.28. The maximum Gasteiger partial charge on any atom is 0.125 e. The van der Waals surface area contributed by atoms with Gasteiger partial charge in [-0.2, -0.15) is 0 Å². The Hall–Kier alpha value is -1.52. The van der Waals surface area contributed by atoms with Crippen LogP contribution < -0.4 is 10.5 Å². The van der Waals surface area contributed by atoms with Crippen LogP contribution in [0, 0.1) is 0 Å². The minimum atomic E-state index is -0.0905. The zero-order valence-electron chi connectivity index (χ0n) is 10.6. The van der Waals surface area contributed by atoms with E-state index in [-0.39, 0.29) is 11.8 Å². The maximum atomic E-state index is 9.41. The first-order valence-corrected chi connectivity index (χ1v) is 6.81. The van der Waals surface area contributed by atoms with Gasteiger partial charge in [0.25, 0.3) is 0 Å². The molecule has 1 atom stereocenters. The molecule has 1 unspecified atom stereocenters. The van der Waals surface area contributed by atoms with Crippen LogP contribution in [0.1, 0.15) is 24.1 Å². The SMILES string of the molecule is CC(N)c1ccc(Br)cc1OCc1cccc(O)c1. The molecule has 0 aliphatic rings. The second-order valence-corrected chi connectivity index (χ2v) is 5.35. The van der Waals surface area contributed by atoms with Crippen molar-refractivity contribution in [2.75, 3.05) is 0 Å². The van der Waals surface area contributed by atoms with Crippen molar-refractivity contribution in [3.05, 3.63) is 58.1 Å². The van der Waals surface area contributed by atoms with Gasteiger partial charge in [0.2, 0.25) is 0 Å². The Morgan fingerprint density at radius 3 is 2.74 bits per heavy atom. The number of phenols is 1. The quantitative estimate of drug-likeness (QED) is 0.901. The Bertz CT molecular complexity index is 570. The summed E-state index contributed by atoms with van der Waals surface area (Å²) in [6.07, 6.45) is 0. The van der Waals surface area contributed by atoms with Crippen molar-refractivity contribution in [1.82, 2.24) is 0 Å². The number of nitrogens with two attached hydrogens (primary N) is 1. The first kappa shape index (κ1) is 13.9. The van der Waals surface area contributed by atoms with Gasteiger partial charge < -0.3 is 15.6 Å². The van der Waals surface area contributed by atoms with Gasteiger partial charge in [-0.3, -0.25) is 0 Å². The lowest BCUT2D eigenvalue weighted by Gasteiger charge is -2.14. The first-order valence-electron chi connectivity index (χ1n) is 6.02. The highest BCUT2D eigenvalue weighted by atomic mass is 79.9. The van der Waals surface area contributed by atoms with Crippen molar-refractivity contribution in [3.63, 3.8) is 0 Å². The molecule has 0 aliphatic heterocycles. The second kappa shape index (κ2) is 6.08. The van der Waals surface area contributed by atoms with Crippen LogP contribution in [-0.4, -0.2) is 5.11 Å². The van der Waals surface area contributed by atoms with Gasteiger partial charge in [0.1, 0.15) is 18.1 Å². The summed E-state index contributed by atoms with van der Waals surface area (Å²) >= 11 is 3.42. The predicted molar refractivity (Wildman–Crippen MR) is 79.2 cm³/mol. The Labute approximate surface area is 121 Å². The largest absolute Gasteiger partial charge is 0.508 e. The molecule has 0 bridgehead atoms. The van der Waals surface area contributed by atoms with Crippen LogP contribution in [0.15, 0.2) is 46.9 Å². The fourth-order valence-electron chi connectivity index (χ4n) is 1.82. The monoisotopic (exact) mass is 321 g/mol. The lowest BCUT2D eigenvalue weighted by molar-refractivity contribution is 0.300. The number of benzene rings is 2. The molecule has 0 spiro atoms.